The molecule has 1 fully saturated rings. The van der Waals surface area contributed by atoms with E-state index in [0.29, 0.717) is 0 Å². The molecule has 1 saturated heterocycles. The Bertz CT molecular complexity index is 447. The topological polar surface area (TPSA) is 20.3 Å². The molecule has 0 radical (unpaired) electrons. The highest BCUT2D eigenvalue weighted by molar-refractivity contribution is 5.82. The second-order valence-electron chi connectivity index (χ2n) is 6.38. The van der Waals surface area contributed by atoms with E-state index >= 15 is 0 Å². The number of hydrogen-bond donors (Lipinski definition) is 0. The van der Waals surface area contributed by atoms with Crippen molar-refractivity contribution >= 4 is 5.91 Å². The summed E-state index contributed by atoms with van der Waals surface area (Å²) in [5, 5.41) is 0. The zero-order valence-electron chi connectivity index (χ0n) is 11.9. The minimum absolute atomic E-state index is 0.210. The molecule has 0 spiro atoms. The van der Waals surface area contributed by atoms with Gasteiger partial charge in [0.1, 0.15) is 5.82 Å². The lowest BCUT2D eigenvalue weighted by Crippen LogP contribution is -2.43. The monoisotopic (exact) mass is 263 g/mol. The number of likely N-dealkylation sites (tertiary alicyclic amines) is 1. The van der Waals surface area contributed by atoms with Crippen LogP contribution in [0.2, 0.25) is 0 Å². The molecule has 1 aromatic carbocycles. The molecule has 1 aliphatic heterocycles. The molecule has 1 aromatic rings. The highest BCUT2D eigenvalue weighted by Gasteiger charge is 2.34. The summed E-state index contributed by atoms with van der Waals surface area (Å²) in [6, 6.07) is 6.86. The number of nitrogens with zero attached hydrogens (tertiary/aromatic N) is 1. The molecular weight excluding hydrogens is 241 g/mol. The lowest BCUT2D eigenvalue weighted by Gasteiger charge is -2.31. The second-order valence-corrected chi connectivity index (χ2v) is 6.38. The SMILES string of the molecule is CC(C)(C)C(=O)N1CCCC1Cc1ccc(F)cc1. The van der Waals surface area contributed by atoms with Crippen molar-refractivity contribution in [3.63, 3.8) is 0 Å². The number of halogens is 1. The highest BCUT2D eigenvalue weighted by Crippen LogP contribution is 2.27. The van der Waals surface area contributed by atoms with Crippen LogP contribution in [0.15, 0.2) is 24.3 Å². The molecule has 1 heterocycles. The largest absolute Gasteiger partial charge is 0.339 e. The first-order chi connectivity index (χ1) is 8.88. The van der Waals surface area contributed by atoms with Crippen molar-refractivity contribution in [2.45, 2.75) is 46.1 Å². The molecule has 19 heavy (non-hydrogen) atoms. The van der Waals surface area contributed by atoms with Gasteiger partial charge in [-0.2, -0.15) is 0 Å². The maximum atomic E-state index is 12.9. The van der Waals surface area contributed by atoms with E-state index in [9.17, 15) is 9.18 Å². The van der Waals surface area contributed by atoms with Crippen molar-refractivity contribution in [2.75, 3.05) is 6.54 Å². The van der Waals surface area contributed by atoms with Crippen molar-refractivity contribution in [1.29, 1.82) is 0 Å². The Morgan fingerprint density at radius 2 is 1.95 bits per heavy atom. The second kappa shape index (κ2) is 5.32. The number of benzene rings is 1. The minimum atomic E-state index is -0.328. The van der Waals surface area contributed by atoms with Gasteiger partial charge in [-0.3, -0.25) is 4.79 Å². The van der Waals surface area contributed by atoms with Gasteiger partial charge in [0.05, 0.1) is 0 Å². The molecule has 0 saturated carbocycles. The van der Waals surface area contributed by atoms with Crippen LogP contribution in [0, 0.1) is 11.2 Å². The molecule has 0 bridgehead atoms. The minimum Gasteiger partial charge on any atom is -0.339 e. The van der Waals surface area contributed by atoms with Gasteiger partial charge in [-0.1, -0.05) is 32.9 Å². The van der Waals surface area contributed by atoms with Gasteiger partial charge in [0.2, 0.25) is 5.91 Å². The molecule has 3 heteroatoms. The summed E-state index contributed by atoms with van der Waals surface area (Å²) < 4.78 is 12.9. The van der Waals surface area contributed by atoms with Crippen molar-refractivity contribution in [3.05, 3.63) is 35.6 Å². The van der Waals surface area contributed by atoms with Crippen molar-refractivity contribution in [2.24, 2.45) is 5.41 Å². The fourth-order valence-electron chi connectivity index (χ4n) is 2.64. The molecule has 2 nitrogen and oxygen atoms in total. The Kier molecular flexibility index (Phi) is 3.93. The van der Waals surface area contributed by atoms with Gasteiger partial charge in [-0.05, 0) is 37.0 Å². The van der Waals surface area contributed by atoms with Crippen molar-refractivity contribution in [3.8, 4) is 0 Å². The fourth-order valence-corrected chi connectivity index (χ4v) is 2.64. The molecular formula is C16H22FNO. The molecule has 0 N–H and O–H groups in total. The van der Waals surface area contributed by atoms with Gasteiger partial charge in [0, 0.05) is 18.0 Å². The average Bonchev–Trinajstić information content (AvgIpc) is 2.78. The molecule has 104 valence electrons. The molecule has 1 amide bonds. The number of amides is 1. The lowest BCUT2D eigenvalue weighted by atomic mass is 9.93. The van der Waals surface area contributed by atoms with E-state index in [0.717, 1.165) is 31.4 Å². The fraction of sp³-hybridized carbons (Fsp3) is 0.562. The molecule has 2 rings (SSSR count). The summed E-state index contributed by atoms with van der Waals surface area (Å²) in [5.41, 5.74) is 0.769. The summed E-state index contributed by atoms with van der Waals surface area (Å²) in [4.78, 5) is 14.4. The van der Waals surface area contributed by atoms with Gasteiger partial charge in [0.25, 0.3) is 0 Å². The molecule has 1 atom stereocenters. The van der Waals surface area contributed by atoms with Crippen LogP contribution >= 0.6 is 0 Å². The third-order valence-corrected chi connectivity index (χ3v) is 3.66. The zero-order valence-corrected chi connectivity index (χ0v) is 11.9. The molecule has 0 aromatic heterocycles. The van der Waals surface area contributed by atoms with E-state index in [2.05, 4.69) is 0 Å². The van der Waals surface area contributed by atoms with E-state index in [-0.39, 0.29) is 23.2 Å². The third kappa shape index (κ3) is 3.34. The van der Waals surface area contributed by atoms with E-state index in [1.54, 1.807) is 0 Å². The predicted octanol–water partition coefficient (Wildman–Crippen LogP) is 3.41. The van der Waals surface area contributed by atoms with Crippen LogP contribution < -0.4 is 0 Å². The standard InChI is InChI=1S/C16H22FNO/c1-16(2,3)15(19)18-10-4-5-14(18)11-12-6-8-13(17)9-7-12/h6-9,14H,4-5,10-11H2,1-3H3. The summed E-state index contributed by atoms with van der Waals surface area (Å²) in [6.07, 6.45) is 2.93. The summed E-state index contributed by atoms with van der Waals surface area (Å²) in [6.45, 7) is 6.73. The first-order valence-electron chi connectivity index (χ1n) is 6.93. The maximum absolute atomic E-state index is 12.9. The summed E-state index contributed by atoms with van der Waals surface area (Å²) >= 11 is 0. The van der Waals surface area contributed by atoms with E-state index < -0.39 is 0 Å². The van der Waals surface area contributed by atoms with Gasteiger partial charge in [-0.15, -0.1) is 0 Å². The Labute approximate surface area is 114 Å². The molecule has 0 aliphatic carbocycles. The van der Waals surface area contributed by atoms with Crippen LogP contribution in [0.3, 0.4) is 0 Å². The number of hydrogen-bond acceptors (Lipinski definition) is 1. The van der Waals surface area contributed by atoms with Gasteiger partial charge < -0.3 is 4.90 Å². The first-order valence-corrected chi connectivity index (χ1v) is 6.93. The Morgan fingerprint density at radius 1 is 1.32 bits per heavy atom. The predicted molar refractivity (Wildman–Crippen MR) is 74.3 cm³/mol. The Morgan fingerprint density at radius 3 is 2.53 bits per heavy atom. The summed E-state index contributed by atoms with van der Waals surface area (Å²) in [7, 11) is 0. The zero-order chi connectivity index (χ0) is 14.0. The Hall–Kier alpha value is -1.38. The highest BCUT2D eigenvalue weighted by atomic mass is 19.1. The summed E-state index contributed by atoms with van der Waals surface area (Å²) in [5.74, 6) is 0.00917. The normalized spacial score (nSPS) is 19.8. The van der Waals surface area contributed by atoms with Crippen molar-refractivity contribution in [1.82, 2.24) is 4.90 Å². The number of carbonyl (C=O) groups excluding carboxylic acids is 1. The van der Waals surface area contributed by atoms with Crippen molar-refractivity contribution < 1.29 is 9.18 Å². The lowest BCUT2D eigenvalue weighted by molar-refractivity contribution is -0.140. The quantitative estimate of drug-likeness (QED) is 0.800. The van der Waals surface area contributed by atoms with Crippen LogP contribution in [-0.2, 0) is 11.2 Å². The van der Waals surface area contributed by atoms with Gasteiger partial charge in [-0.25, -0.2) is 4.39 Å². The van der Waals surface area contributed by atoms with E-state index in [1.165, 1.54) is 12.1 Å². The first kappa shape index (κ1) is 14.0. The van der Waals surface area contributed by atoms with Crippen LogP contribution in [0.1, 0.15) is 39.2 Å². The Balaban J connectivity index is 2.07. The number of rotatable bonds is 2. The van der Waals surface area contributed by atoms with Crippen LogP contribution in [0.4, 0.5) is 4.39 Å². The van der Waals surface area contributed by atoms with E-state index in [1.807, 2.05) is 37.8 Å². The molecule has 1 aliphatic rings. The average molecular weight is 263 g/mol. The van der Waals surface area contributed by atoms with Gasteiger partial charge in [0.15, 0.2) is 0 Å². The van der Waals surface area contributed by atoms with E-state index in [4.69, 9.17) is 0 Å². The molecule has 1 unspecified atom stereocenters. The van der Waals surface area contributed by atoms with Gasteiger partial charge >= 0.3 is 0 Å². The van der Waals surface area contributed by atoms with Crippen LogP contribution in [0.25, 0.3) is 0 Å². The smallest absolute Gasteiger partial charge is 0.228 e. The van der Waals surface area contributed by atoms with Crippen LogP contribution in [0.5, 0.6) is 0 Å². The maximum Gasteiger partial charge on any atom is 0.228 e. The van der Waals surface area contributed by atoms with Crippen LogP contribution in [-0.4, -0.2) is 23.4 Å². The number of carbonyl (C=O) groups is 1. The third-order valence-electron chi connectivity index (χ3n) is 3.66.